The highest BCUT2D eigenvalue weighted by molar-refractivity contribution is 7.16. The zero-order chi connectivity index (χ0) is 20.3. The second kappa shape index (κ2) is 8.83. The van der Waals surface area contributed by atoms with Crippen molar-refractivity contribution in [1.29, 1.82) is 0 Å². The van der Waals surface area contributed by atoms with Crippen molar-refractivity contribution in [2.45, 2.75) is 13.5 Å². The van der Waals surface area contributed by atoms with Crippen molar-refractivity contribution in [3.63, 3.8) is 0 Å². The fraction of sp³-hybridized carbons (Fsp3) is 0.222. The first kappa shape index (κ1) is 20.5. The van der Waals surface area contributed by atoms with Gasteiger partial charge in [-0.3, -0.25) is 14.9 Å². The van der Waals surface area contributed by atoms with Gasteiger partial charge in [-0.05, 0) is 31.2 Å². The molecule has 3 rings (SSSR count). The van der Waals surface area contributed by atoms with Gasteiger partial charge in [-0.2, -0.15) is 4.99 Å². The lowest BCUT2D eigenvalue weighted by molar-refractivity contribution is -0.384. The highest BCUT2D eigenvalue weighted by atomic mass is 35.5. The molecule has 1 heterocycles. The molecule has 0 spiro atoms. The van der Waals surface area contributed by atoms with Crippen LogP contribution in [-0.2, 0) is 11.3 Å². The number of nitro groups is 1. The van der Waals surface area contributed by atoms with Gasteiger partial charge in [-0.1, -0.05) is 34.5 Å². The summed E-state index contributed by atoms with van der Waals surface area (Å²) in [6, 6.07) is 8.70. The summed E-state index contributed by atoms with van der Waals surface area (Å²) in [5.41, 5.74) is 0.890. The number of fused-ring (bicyclic) bond motifs is 1. The average Bonchev–Trinajstić information content (AvgIpc) is 2.99. The van der Waals surface area contributed by atoms with Gasteiger partial charge in [0.2, 0.25) is 0 Å². The lowest BCUT2D eigenvalue weighted by atomic mass is 10.2. The summed E-state index contributed by atoms with van der Waals surface area (Å²) >= 11 is 13.7. The van der Waals surface area contributed by atoms with Crippen molar-refractivity contribution < 1.29 is 14.5 Å². The Morgan fingerprint density at radius 3 is 2.64 bits per heavy atom. The summed E-state index contributed by atoms with van der Waals surface area (Å²) in [7, 11) is 0. The summed E-state index contributed by atoms with van der Waals surface area (Å²) < 4.78 is 8.04. The highest BCUT2D eigenvalue weighted by Gasteiger charge is 2.14. The zero-order valence-corrected chi connectivity index (χ0v) is 17.1. The van der Waals surface area contributed by atoms with E-state index in [1.54, 1.807) is 12.1 Å². The molecule has 0 aliphatic rings. The summed E-state index contributed by atoms with van der Waals surface area (Å²) in [5, 5.41) is 11.7. The Kier molecular flexibility index (Phi) is 6.46. The van der Waals surface area contributed by atoms with Crippen LogP contribution in [0.4, 0.5) is 5.69 Å². The molecule has 7 nitrogen and oxygen atoms in total. The molecule has 0 aliphatic carbocycles. The molecule has 0 fully saturated rings. The number of aromatic nitrogens is 1. The number of halogens is 2. The van der Waals surface area contributed by atoms with E-state index in [1.165, 1.54) is 35.6 Å². The highest BCUT2D eigenvalue weighted by Crippen LogP contribution is 2.29. The van der Waals surface area contributed by atoms with Gasteiger partial charge in [0, 0.05) is 35.9 Å². The Hall–Kier alpha value is -2.26. The van der Waals surface area contributed by atoms with Crippen LogP contribution in [0.25, 0.3) is 10.2 Å². The third kappa shape index (κ3) is 4.41. The first-order valence-corrected chi connectivity index (χ1v) is 9.87. The lowest BCUT2D eigenvalue weighted by Gasteiger charge is -2.07. The Balaban J connectivity index is 2.06. The van der Waals surface area contributed by atoms with E-state index in [4.69, 9.17) is 27.9 Å². The fourth-order valence-corrected chi connectivity index (χ4v) is 4.44. The van der Waals surface area contributed by atoms with Crippen molar-refractivity contribution in [3.05, 3.63) is 66.9 Å². The maximum Gasteiger partial charge on any atom is 0.279 e. The molecule has 0 N–H and O–H groups in total. The Morgan fingerprint density at radius 1 is 1.29 bits per heavy atom. The average molecular weight is 440 g/mol. The van der Waals surface area contributed by atoms with Gasteiger partial charge in [0.25, 0.3) is 11.6 Å². The normalized spacial score (nSPS) is 11.9. The molecule has 0 unspecified atom stereocenters. The molecular formula is C18H15Cl2N3O4S. The molecule has 0 radical (unpaired) electrons. The number of amides is 1. The van der Waals surface area contributed by atoms with Crippen LogP contribution in [0.3, 0.4) is 0 Å². The molecule has 0 aliphatic heterocycles. The SMILES string of the molecule is CCOCCn1c(=NC(=O)c2ccc([N+](=O)[O-])cc2)sc2cc(Cl)cc(Cl)c21. The first-order valence-electron chi connectivity index (χ1n) is 8.30. The topological polar surface area (TPSA) is 86.7 Å². The summed E-state index contributed by atoms with van der Waals surface area (Å²) in [6.07, 6.45) is 0. The van der Waals surface area contributed by atoms with E-state index in [9.17, 15) is 14.9 Å². The molecule has 1 amide bonds. The predicted octanol–water partition coefficient (Wildman–Crippen LogP) is 4.70. The molecule has 0 saturated carbocycles. The van der Waals surface area contributed by atoms with Gasteiger partial charge in [-0.15, -0.1) is 0 Å². The predicted molar refractivity (Wildman–Crippen MR) is 109 cm³/mol. The van der Waals surface area contributed by atoms with Gasteiger partial charge in [-0.25, -0.2) is 0 Å². The van der Waals surface area contributed by atoms with Crippen LogP contribution in [0.2, 0.25) is 10.0 Å². The minimum atomic E-state index is -0.523. The number of carbonyl (C=O) groups is 1. The molecular weight excluding hydrogens is 425 g/mol. The Bertz CT molecular complexity index is 1110. The van der Waals surface area contributed by atoms with Crippen LogP contribution in [0.1, 0.15) is 17.3 Å². The van der Waals surface area contributed by atoms with Crippen LogP contribution >= 0.6 is 34.5 Å². The molecule has 3 aromatic rings. The van der Waals surface area contributed by atoms with E-state index in [-0.39, 0.29) is 11.3 Å². The van der Waals surface area contributed by atoms with Crippen molar-refractivity contribution in [1.82, 2.24) is 4.57 Å². The number of hydrogen-bond acceptors (Lipinski definition) is 5. The number of benzene rings is 2. The van der Waals surface area contributed by atoms with Crippen molar-refractivity contribution >= 4 is 56.3 Å². The van der Waals surface area contributed by atoms with Gasteiger partial charge in [0.05, 0.1) is 26.8 Å². The number of non-ortho nitro benzene ring substituents is 1. The summed E-state index contributed by atoms with van der Waals surface area (Å²) in [6.45, 7) is 3.35. The molecule has 10 heteroatoms. The van der Waals surface area contributed by atoms with Gasteiger partial charge in [0.1, 0.15) is 0 Å². The number of hydrogen-bond donors (Lipinski definition) is 0. The van der Waals surface area contributed by atoms with Crippen LogP contribution in [0.15, 0.2) is 41.4 Å². The maximum absolute atomic E-state index is 12.6. The van der Waals surface area contributed by atoms with E-state index in [0.29, 0.717) is 34.6 Å². The Morgan fingerprint density at radius 2 is 2.00 bits per heavy atom. The van der Waals surface area contributed by atoms with Crippen LogP contribution in [-0.4, -0.2) is 28.6 Å². The van der Waals surface area contributed by atoms with E-state index >= 15 is 0 Å². The number of ether oxygens (including phenoxy) is 1. The van der Waals surface area contributed by atoms with Crippen LogP contribution in [0.5, 0.6) is 0 Å². The molecule has 146 valence electrons. The Labute approximate surface area is 173 Å². The third-order valence-electron chi connectivity index (χ3n) is 3.88. The van der Waals surface area contributed by atoms with E-state index in [0.717, 1.165) is 10.2 Å². The molecule has 28 heavy (non-hydrogen) atoms. The zero-order valence-electron chi connectivity index (χ0n) is 14.7. The molecule has 0 atom stereocenters. The second-order valence-electron chi connectivity index (χ2n) is 5.69. The quantitative estimate of drug-likeness (QED) is 0.316. The lowest BCUT2D eigenvalue weighted by Crippen LogP contribution is -2.20. The number of rotatable bonds is 6. The molecule has 1 aromatic heterocycles. The van der Waals surface area contributed by atoms with Crippen LogP contribution < -0.4 is 4.80 Å². The first-order chi connectivity index (χ1) is 13.4. The van der Waals surface area contributed by atoms with E-state index < -0.39 is 10.8 Å². The monoisotopic (exact) mass is 439 g/mol. The number of nitrogens with zero attached hydrogens (tertiary/aromatic N) is 3. The van der Waals surface area contributed by atoms with Crippen molar-refractivity contribution in [3.8, 4) is 0 Å². The van der Waals surface area contributed by atoms with Gasteiger partial charge < -0.3 is 9.30 Å². The van der Waals surface area contributed by atoms with E-state index in [1.807, 2.05) is 11.5 Å². The molecule has 0 saturated heterocycles. The molecule has 2 aromatic carbocycles. The van der Waals surface area contributed by atoms with Gasteiger partial charge in [0.15, 0.2) is 4.80 Å². The van der Waals surface area contributed by atoms with Gasteiger partial charge >= 0.3 is 0 Å². The summed E-state index contributed by atoms with van der Waals surface area (Å²) in [4.78, 5) is 27.5. The number of nitro benzene ring substituents is 1. The van der Waals surface area contributed by atoms with E-state index in [2.05, 4.69) is 4.99 Å². The molecule has 0 bridgehead atoms. The summed E-state index contributed by atoms with van der Waals surface area (Å²) in [5.74, 6) is -0.506. The van der Waals surface area contributed by atoms with Crippen molar-refractivity contribution in [2.24, 2.45) is 4.99 Å². The van der Waals surface area contributed by atoms with Crippen LogP contribution in [0, 0.1) is 10.1 Å². The minimum Gasteiger partial charge on any atom is -0.380 e. The number of carbonyl (C=O) groups excluding carboxylic acids is 1. The third-order valence-corrected chi connectivity index (χ3v) is 5.41. The standard InChI is InChI=1S/C18H15Cl2N3O4S/c1-2-27-8-7-22-16-14(20)9-12(19)10-15(16)28-18(22)21-17(24)11-3-5-13(6-4-11)23(25)26/h3-6,9-10H,2,7-8H2,1H3. The fourth-order valence-electron chi connectivity index (χ4n) is 2.60. The minimum absolute atomic E-state index is 0.0911. The largest absolute Gasteiger partial charge is 0.380 e. The van der Waals surface area contributed by atoms with Crippen molar-refractivity contribution in [2.75, 3.05) is 13.2 Å². The maximum atomic E-state index is 12.6. The second-order valence-corrected chi connectivity index (χ2v) is 7.54. The number of thiazole rings is 1. The smallest absolute Gasteiger partial charge is 0.279 e.